The summed E-state index contributed by atoms with van der Waals surface area (Å²) in [5.74, 6) is 0.320. The minimum Gasteiger partial charge on any atom is -0.343 e. The third-order valence-corrected chi connectivity index (χ3v) is 5.00. The Morgan fingerprint density at radius 3 is 2.41 bits per heavy atom. The SMILES string of the molecule is C=CCN(CC=C)C(=O)Cn1c(C(C)NC(=O)/C=C\c2ccccc2)nc2ccccc21. The molecule has 0 aliphatic heterocycles. The van der Waals surface area contributed by atoms with Crippen molar-refractivity contribution in [1.82, 2.24) is 19.8 Å². The van der Waals surface area contributed by atoms with Gasteiger partial charge in [0.25, 0.3) is 0 Å². The molecule has 2 amide bonds. The van der Waals surface area contributed by atoms with Gasteiger partial charge < -0.3 is 14.8 Å². The standard InChI is InChI=1S/C26H28N4O2/c1-4-17-29(18-5-2)25(32)19-30-23-14-10-9-13-22(23)28-26(30)20(3)27-24(31)16-15-21-11-7-6-8-12-21/h4-16,20H,1-2,17-19H2,3H3,(H,27,31)/b16-15-. The summed E-state index contributed by atoms with van der Waals surface area (Å²) in [5.41, 5.74) is 2.56. The molecule has 0 radical (unpaired) electrons. The second kappa shape index (κ2) is 10.9. The van der Waals surface area contributed by atoms with Crippen molar-refractivity contribution in [3.8, 4) is 0 Å². The zero-order chi connectivity index (χ0) is 22.9. The summed E-state index contributed by atoms with van der Waals surface area (Å²) < 4.78 is 1.86. The minimum absolute atomic E-state index is 0.0725. The third-order valence-electron chi connectivity index (χ3n) is 5.00. The Morgan fingerprint density at radius 1 is 1.06 bits per heavy atom. The van der Waals surface area contributed by atoms with Crippen molar-refractivity contribution in [2.24, 2.45) is 0 Å². The number of rotatable bonds is 10. The van der Waals surface area contributed by atoms with Crippen molar-refractivity contribution in [2.45, 2.75) is 19.5 Å². The fourth-order valence-electron chi connectivity index (χ4n) is 3.48. The van der Waals surface area contributed by atoms with E-state index in [0.717, 1.165) is 16.6 Å². The van der Waals surface area contributed by atoms with Gasteiger partial charge in [-0.05, 0) is 30.7 Å². The van der Waals surface area contributed by atoms with E-state index in [1.54, 1.807) is 23.1 Å². The maximum absolute atomic E-state index is 13.0. The van der Waals surface area contributed by atoms with Crippen LogP contribution in [0.4, 0.5) is 0 Å². The molecule has 1 N–H and O–H groups in total. The molecule has 0 fully saturated rings. The second-order valence-electron chi connectivity index (χ2n) is 7.40. The van der Waals surface area contributed by atoms with Crippen molar-refractivity contribution < 1.29 is 9.59 Å². The molecule has 3 aromatic rings. The van der Waals surface area contributed by atoms with Crippen molar-refractivity contribution in [3.63, 3.8) is 0 Å². The highest BCUT2D eigenvalue weighted by atomic mass is 16.2. The molecule has 1 aromatic heterocycles. The normalized spacial score (nSPS) is 11.9. The lowest BCUT2D eigenvalue weighted by molar-refractivity contribution is -0.130. The molecule has 2 aromatic carbocycles. The lowest BCUT2D eigenvalue weighted by Gasteiger charge is -2.21. The smallest absolute Gasteiger partial charge is 0.244 e. The number of fused-ring (bicyclic) bond motifs is 1. The molecule has 6 nitrogen and oxygen atoms in total. The van der Waals surface area contributed by atoms with Crippen LogP contribution in [0.15, 0.2) is 86.0 Å². The van der Waals surface area contributed by atoms with Crippen LogP contribution in [0.5, 0.6) is 0 Å². The van der Waals surface area contributed by atoms with Crippen LogP contribution in [0.3, 0.4) is 0 Å². The van der Waals surface area contributed by atoms with E-state index in [2.05, 4.69) is 18.5 Å². The highest BCUT2D eigenvalue weighted by molar-refractivity contribution is 5.92. The first kappa shape index (κ1) is 22.7. The van der Waals surface area contributed by atoms with Crippen LogP contribution in [-0.2, 0) is 16.1 Å². The molecule has 164 valence electrons. The lowest BCUT2D eigenvalue weighted by atomic mass is 10.2. The number of carbonyl (C=O) groups is 2. The molecular formula is C26H28N4O2. The molecule has 6 heteroatoms. The Balaban J connectivity index is 1.83. The summed E-state index contributed by atoms with van der Waals surface area (Å²) >= 11 is 0. The number of nitrogens with zero attached hydrogens (tertiary/aromatic N) is 3. The van der Waals surface area contributed by atoms with Gasteiger partial charge in [-0.25, -0.2) is 4.98 Å². The summed E-state index contributed by atoms with van der Waals surface area (Å²) in [6.07, 6.45) is 6.64. The van der Waals surface area contributed by atoms with Crippen molar-refractivity contribution in [2.75, 3.05) is 13.1 Å². The van der Waals surface area contributed by atoms with Crippen LogP contribution in [0.2, 0.25) is 0 Å². The molecule has 0 saturated heterocycles. The Labute approximate surface area is 188 Å². The Kier molecular flexibility index (Phi) is 7.75. The average Bonchev–Trinajstić information content (AvgIpc) is 3.17. The Hall–Kier alpha value is -3.93. The predicted molar refractivity (Wildman–Crippen MR) is 129 cm³/mol. The van der Waals surface area contributed by atoms with Crippen molar-refractivity contribution >= 4 is 28.9 Å². The van der Waals surface area contributed by atoms with Crippen LogP contribution in [0.25, 0.3) is 17.1 Å². The molecule has 0 aliphatic rings. The summed E-state index contributed by atoms with van der Waals surface area (Å²) in [5, 5.41) is 2.95. The minimum atomic E-state index is -0.393. The fourth-order valence-corrected chi connectivity index (χ4v) is 3.48. The zero-order valence-corrected chi connectivity index (χ0v) is 18.3. The van der Waals surface area contributed by atoms with E-state index in [-0.39, 0.29) is 18.4 Å². The molecule has 1 atom stereocenters. The van der Waals surface area contributed by atoms with Gasteiger partial charge in [0.1, 0.15) is 12.4 Å². The van der Waals surface area contributed by atoms with Crippen LogP contribution in [-0.4, -0.2) is 39.4 Å². The van der Waals surface area contributed by atoms with E-state index < -0.39 is 6.04 Å². The molecule has 0 bridgehead atoms. The molecule has 1 heterocycles. The number of para-hydroxylation sites is 2. The van der Waals surface area contributed by atoms with Gasteiger partial charge in [0.15, 0.2) is 0 Å². The van der Waals surface area contributed by atoms with Gasteiger partial charge in [-0.15, -0.1) is 13.2 Å². The van der Waals surface area contributed by atoms with Gasteiger partial charge in [0.2, 0.25) is 11.8 Å². The molecule has 3 rings (SSSR count). The first-order valence-electron chi connectivity index (χ1n) is 10.5. The van der Waals surface area contributed by atoms with Gasteiger partial charge in [-0.3, -0.25) is 9.59 Å². The molecule has 0 aliphatic carbocycles. The van der Waals surface area contributed by atoms with Crippen LogP contribution in [0, 0.1) is 0 Å². The quantitative estimate of drug-likeness (QED) is 0.390. The van der Waals surface area contributed by atoms with Crippen molar-refractivity contribution in [3.05, 3.63) is 97.4 Å². The summed E-state index contributed by atoms with van der Waals surface area (Å²) in [6.45, 7) is 10.3. The maximum atomic E-state index is 13.0. The molecular weight excluding hydrogens is 400 g/mol. The number of nitrogens with one attached hydrogen (secondary N) is 1. The number of amides is 2. The predicted octanol–water partition coefficient (Wildman–Crippen LogP) is 4.13. The number of hydrogen-bond acceptors (Lipinski definition) is 3. The van der Waals surface area contributed by atoms with Gasteiger partial charge >= 0.3 is 0 Å². The van der Waals surface area contributed by atoms with Crippen LogP contribution < -0.4 is 5.32 Å². The third kappa shape index (κ3) is 5.60. The second-order valence-corrected chi connectivity index (χ2v) is 7.40. The molecule has 0 saturated carbocycles. The fraction of sp³-hybridized carbons (Fsp3) is 0.192. The van der Waals surface area contributed by atoms with E-state index in [1.165, 1.54) is 6.08 Å². The van der Waals surface area contributed by atoms with Crippen LogP contribution >= 0.6 is 0 Å². The lowest BCUT2D eigenvalue weighted by Crippen LogP contribution is -2.35. The number of imidazole rings is 1. The number of hydrogen-bond donors (Lipinski definition) is 1. The van der Waals surface area contributed by atoms with E-state index >= 15 is 0 Å². The van der Waals surface area contributed by atoms with Gasteiger partial charge in [-0.2, -0.15) is 0 Å². The summed E-state index contributed by atoms with van der Waals surface area (Å²) in [6, 6.07) is 16.9. The van der Waals surface area contributed by atoms with E-state index in [1.807, 2.05) is 66.1 Å². The maximum Gasteiger partial charge on any atom is 0.244 e. The summed E-state index contributed by atoms with van der Waals surface area (Å²) in [4.78, 5) is 31.8. The van der Waals surface area contributed by atoms with Crippen LogP contribution in [0.1, 0.15) is 24.4 Å². The Bertz CT molecular complexity index is 1120. The first-order chi connectivity index (χ1) is 15.5. The van der Waals surface area contributed by atoms with E-state index in [9.17, 15) is 9.59 Å². The molecule has 1 unspecified atom stereocenters. The average molecular weight is 429 g/mol. The zero-order valence-electron chi connectivity index (χ0n) is 18.3. The number of benzene rings is 2. The van der Waals surface area contributed by atoms with Gasteiger partial charge in [0, 0.05) is 19.2 Å². The summed E-state index contributed by atoms with van der Waals surface area (Å²) in [7, 11) is 0. The molecule has 32 heavy (non-hydrogen) atoms. The monoisotopic (exact) mass is 428 g/mol. The largest absolute Gasteiger partial charge is 0.343 e. The van der Waals surface area contributed by atoms with E-state index in [4.69, 9.17) is 4.98 Å². The van der Waals surface area contributed by atoms with E-state index in [0.29, 0.717) is 18.9 Å². The molecule has 0 spiro atoms. The van der Waals surface area contributed by atoms with Gasteiger partial charge in [-0.1, -0.05) is 54.6 Å². The van der Waals surface area contributed by atoms with Gasteiger partial charge in [0.05, 0.1) is 17.1 Å². The number of aromatic nitrogens is 2. The Morgan fingerprint density at radius 2 is 1.72 bits per heavy atom. The number of carbonyl (C=O) groups excluding carboxylic acids is 2. The highest BCUT2D eigenvalue weighted by Crippen LogP contribution is 2.21. The van der Waals surface area contributed by atoms with Crippen molar-refractivity contribution in [1.29, 1.82) is 0 Å². The first-order valence-corrected chi connectivity index (χ1v) is 10.5. The highest BCUT2D eigenvalue weighted by Gasteiger charge is 2.21. The topological polar surface area (TPSA) is 67.2 Å².